The van der Waals surface area contributed by atoms with Crippen LogP contribution in [0.1, 0.15) is 17.2 Å². The summed E-state index contributed by atoms with van der Waals surface area (Å²) in [5.41, 5.74) is 3.45. The topological polar surface area (TPSA) is 45.2 Å². The Bertz CT molecular complexity index is 724. The van der Waals surface area contributed by atoms with Crippen LogP contribution < -0.4 is 14.4 Å². The molecule has 1 saturated heterocycles. The van der Waals surface area contributed by atoms with Gasteiger partial charge in [-0.2, -0.15) is 0 Å². The quantitative estimate of drug-likeness (QED) is 0.927. The van der Waals surface area contributed by atoms with Gasteiger partial charge >= 0.3 is 0 Å². The Morgan fingerprint density at radius 3 is 2.44 bits per heavy atom. The second-order valence-corrected chi connectivity index (χ2v) is 6.75. The van der Waals surface area contributed by atoms with Crippen molar-refractivity contribution in [1.29, 1.82) is 0 Å². The lowest BCUT2D eigenvalue weighted by Gasteiger charge is -2.37. The average molecular weight is 340 g/mol. The van der Waals surface area contributed by atoms with Crippen LogP contribution in [0.5, 0.6) is 11.5 Å². The summed E-state index contributed by atoms with van der Waals surface area (Å²) in [5, 5.41) is 10.6. The first-order chi connectivity index (χ1) is 12.2. The molecular formula is C20H24N2O3. The number of nitrogens with zero attached hydrogens (tertiary/aromatic N) is 2. The third kappa shape index (κ3) is 3.57. The molecule has 4 rings (SSSR count). The van der Waals surface area contributed by atoms with Gasteiger partial charge in [-0.05, 0) is 36.8 Å². The number of piperazine rings is 1. The van der Waals surface area contributed by atoms with Gasteiger partial charge in [-0.25, -0.2) is 0 Å². The van der Waals surface area contributed by atoms with E-state index < -0.39 is 6.10 Å². The number of aliphatic hydroxyl groups excluding tert-OH is 1. The number of ether oxygens (including phenoxy) is 2. The Balaban J connectivity index is 1.33. The molecule has 1 N–H and O–H groups in total. The van der Waals surface area contributed by atoms with Gasteiger partial charge in [0.1, 0.15) is 0 Å². The summed E-state index contributed by atoms with van der Waals surface area (Å²) in [5.74, 6) is 1.48. The highest BCUT2D eigenvalue weighted by molar-refractivity contribution is 5.48. The normalized spacial score (nSPS) is 18.4. The molecule has 0 bridgehead atoms. The molecule has 0 saturated carbocycles. The monoisotopic (exact) mass is 340 g/mol. The second kappa shape index (κ2) is 6.94. The van der Waals surface area contributed by atoms with Crippen LogP contribution >= 0.6 is 0 Å². The minimum atomic E-state index is -0.513. The number of hydrogen-bond acceptors (Lipinski definition) is 5. The van der Waals surface area contributed by atoms with Crippen LogP contribution in [0.3, 0.4) is 0 Å². The van der Waals surface area contributed by atoms with Crippen LogP contribution in [0.4, 0.5) is 5.69 Å². The van der Waals surface area contributed by atoms with Crippen LogP contribution in [0, 0.1) is 6.92 Å². The SMILES string of the molecule is Cc1ccc(N2CCN(C[C@@H](O)c3ccc4c(c3)OCO4)CC2)cc1. The first-order valence-corrected chi connectivity index (χ1v) is 8.80. The molecule has 5 heteroatoms. The maximum Gasteiger partial charge on any atom is 0.231 e. The third-order valence-electron chi connectivity index (χ3n) is 4.98. The number of aryl methyl sites for hydroxylation is 1. The standard InChI is InChI=1S/C20H24N2O3/c1-15-2-5-17(6-3-15)22-10-8-21(9-11-22)13-18(23)16-4-7-19-20(12-16)25-14-24-19/h2-7,12,18,23H,8-11,13-14H2,1H3/t18-/m1/s1. The number of β-amino-alcohol motifs (C(OH)–C–C–N with tert-alkyl or cyclic N) is 1. The number of rotatable bonds is 4. The van der Waals surface area contributed by atoms with Crippen LogP contribution in [0.25, 0.3) is 0 Å². The largest absolute Gasteiger partial charge is 0.454 e. The number of benzene rings is 2. The van der Waals surface area contributed by atoms with Gasteiger partial charge in [-0.15, -0.1) is 0 Å². The lowest BCUT2D eigenvalue weighted by atomic mass is 10.1. The molecule has 5 nitrogen and oxygen atoms in total. The molecule has 0 unspecified atom stereocenters. The maximum absolute atomic E-state index is 10.6. The highest BCUT2D eigenvalue weighted by atomic mass is 16.7. The zero-order valence-corrected chi connectivity index (χ0v) is 14.5. The van der Waals surface area contributed by atoms with Gasteiger partial charge in [-0.1, -0.05) is 23.8 Å². The van der Waals surface area contributed by atoms with Crippen molar-refractivity contribution in [3.05, 3.63) is 53.6 Å². The zero-order valence-electron chi connectivity index (χ0n) is 14.5. The molecule has 2 aliphatic heterocycles. The van der Waals surface area contributed by atoms with Gasteiger partial charge in [0.25, 0.3) is 0 Å². The molecule has 2 heterocycles. The fourth-order valence-electron chi connectivity index (χ4n) is 3.41. The fourth-order valence-corrected chi connectivity index (χ4v) is 3.41. The number of aliphatic hydroxyl groups is 1. The molecule has 0 spiro atoms. The molecule has 0 radical (unpaired) electrons. The van der Waals surface area contributed by atoms with Crippen LogP contribution in [0.15, 0.2) is 42.5 Å². The minimum Gasteiger partial charge on any atom is -0.454 e. The molecule has 0 aromatic heterocycles. The summed E-state index contributed by atoms with van der Waals surface area (Å²) in [6, 6.07) is 14.4. The highest BCUT2D eigenvalue weighted by Gasteiger charge is 2.22. The Morgan fingerprint density at radius 2 is 1.68 bits per heavy atom. The predicted octanol–water partition coefficient (Wildman–Crippen LogP) is 2.58. The lowest BCUT2D eigenvalue weighted by molar-refractivity contribution is 0.109. The first kappa shape index (κ1) is 16.2. The van der Waals surface area contributed by atoms with Crippen LogP contribution in [-0.2, 0) is 0 Å². The number of anilines is 1. The number of hydrogen-bond donors (Lipinski definition) is 1. The average Bonchev–Trinajstić information content (AvgIpc) is 3.11. The molecule has 1 atom stereocenters. The Morgan fingerprint density at radius 1 is 0.960 bits per heavy atom. The van der Waals surface area contributed by atoms with E-state index in [4.69, 9.17) is 9.47 Å². The molecule has 0 amide bonds. The van der Waals surface area contributed by atoms with Crippen molar-refractivity contribution >= 4 is 5.69 Å². The van der Waals surface area contributed by atoms with E-state index in [1.165, 1.54) is 11.3 Å². The highest BCUT2D eigenvalue weighted by Crippen LogP contribution is 2.34. The number of fused-ring (bicyclic) bond motifs is 1. The molecule has 0 aliphatic carbocycles. The van der Waals surface area contributed by atoms with E-state index in [-0.39, 0.29) is 6.79 Å². The second-order valence-electron chi connectivity index (χ2n) is 6.75. The minimum absolute atomic E-state index is 0.260. The van der Waals surface area contributed by atoms with Gasteiger partial charge in [0.15, 0.2) is 11.5 Å². The Labute approximate surface area is 148 Å². The predicted molar refractivity (Wildman–Crippen MR) is 97.4 cm³/mol. The summed E-state index contributed by atoms with van der Waals surface area (Å²) in [7, 11) is 0. The van der Waals surface area contributed by atoms with Gasteiger partial charge in [0, 0.05) is 38.4 Å². The van der Waals surface area contributed by atoms with Gasteiger partial charge in [0.2, 0.25) is 6.79 Å². The van der Waals surface area contributed by atoms with E-state index in [0.717, 1.165) is 43.2 Å². The smallest absolute Gasteiger partial charge is 0.231 e. The maximum atomic E-state index is 10.6. The van der Waals surface area contributed by atoms with Crippen molar-refractivity contribution in [2.45, 2.75) is 13.0 Å². The summed E-state index contributed by atoms with van der Waals surface area (Å²) in [4.78, 5) is 4.73. The first-order valence-electron chi connectivity index (χ1n) is 8.80. The van der Waals surface area contributed by atoms with E-state index in [9.17, 15) is 5.11 Å². The van der Waals surface area contributed by atoms with E-state index in [1.807, 2.05) is 18.2 Å². The molecule has 25 heavy (non-hydrogen) atoms. The van der Waals surface area contributed by atoms with Crippen molar-refractivity contribution < 1.29 is 14.6 Å². The van der Waals surface area contributed by atoms with Gasteiger partial charge in [-0.3, -0.25) is 4.90 Å². The lowest BCUT2D eigenvalue weighted by Crippen LogP contribution is -2.47. The van der Waals surface area contributed by atoms with E-state index >= 15 is 0 Å². The molecule has 132 valence electrons. The zero-order chi connectivity index (χ0) is 17.2. The Hall–Kier alpha value is -2.24. The molecule has 2 aromatic rings. The molecule has 1 fully saturated rings. The van der Waals surface area contributed by atoms with Crippen LogP contribution in [0.2, 0.25) is 0 Å². The van der Waals surface area contributed by atoms with Crippen molar-refractivity contribution in [3.63, 3.8) is 0 Å². The molecular weight excluding hydrogens is 316 g/mol. The fraction of sp³-hybridized carbons (Fsp3) is 0.400. The Kier molecular flexibility index (Phi) is 4.51. The van der Waals surface area contributed by atoms with Crippen molar-refractivity contribution in [2.75, 3.05) is 44.4 Å². The summed E-state index contributed by atoms with van der Waals surface area (Å²) in [6.07, 6.45) is -0.513. The van der Waals surface area contributed by atoms with Crippen molar-refractivity contribution in [2.24, 2.45) is 0 Å². The van der Waals surface area contributed by atoms with Crippen molar-refractivity contribution in [1.82, 2.24) is 4.90 Å². The third-order valence-corrected chi connectivity index (χ3v) is 4.98. The van der Waals surface area contributed by atoms with E-state index in [0.29, 0.717) is 6.54 Å². The summed E-state index contributed by atoms with van der Waals surface area (Å²) in [6.45, 7) is 6.88. The van der Waals surface area contributed by atoms with Crippen molar-refractivity contribution in [3.8, 4) is 11.5 Å². The molecule has 2 aliphatic rings. The van der Waals surface area contributed by atoms with Gasteiger partial charge < -0.3 is 19.5 Å². The summed E-state index contributed by atoms with van der Waals surface area (Å²) >= 11 is 0. The van der Waals surface area contributed by atoms with E-state index in [1.54, 1.807) is 0 Å². The summed E-state index contributed by atoms with van der Waals surface area (Å²) < 4.78 is 10.7. The van der Waals surface area contributed by atoms with E-state index in [2.05, 4.69) is 41.0 Å². The molecule has 2 aromatic carbocycles. The van der Waals surface area contributed by atoms with Gasteiger partial charge in [0.05, 0.1) is 6.10 Å². The van der Waals surface area contributed by atoms with Crippen LogP contribution in [-0.4, -0.2) is 49.5 Å².